The molecule has 1 atom stereocenters. The fourth-order valence-corrected chi connectivity index (χ4v) is 6.15. The number of likely N-dealkylation sites (tertiary alicyclic amines) is 1. The number of methoxy groups -OCH3 is 1. The van der Waals surface area contributed by atoms with Crippen molar-refractivity contribution in [2.24, 2.45) is 5.41 Å². The van der Waals surface area contributed by atoms with E-state index in [1.807, 2.05) is 28.9 Å². The third-order valence-electron chi connectivity index (χ3n) is 8.52. The van der Waals surface area contributed by atoms with Gasteiger partial charge in [-0.05, 0) is 91.9 Å². The number of H-pyrrole nitrogens is 1. The van der Waals surface area contributed by atoms with E-state index in [0.717, 1.165) is 48.4 Å². The van der Waals surface area contributed by atoms with Gasteiger partial charge in [-0.15, -0.1) is 5.10 Å². The number of hydrogen-bond donors (Lipinski definition) is 1. The number of aromatic amines is 1. The van der Waals surface area contributed by atoms with E-state index in [4.69, 9.17) is 4.74 Å². The zero-order valence-electron chi connectivity index (χ0n) is 21.5. The Morgan fingerprint density at radius 2 is 1.91 bits per heavy atom. The summed E-state index contributed by atoms with van der Waals surface area (Å²) < 4.78 is 7.30. The second-order valence-electron chi connectivity index (χ2n) is 11.2. The Kier molecular flexibility index (Phi) is 6.42. The monoisotopic (exact) mass is 478 g/mol. The highest BCUT2D eigenvalue weighted by molar-refractivity contribution is 5.80. The molecule has 188 valence electrons. The molecule has 1 spiro atoms. The normalized spacial score (nSPS) is 19.8. The first-order chi connectivity index (χ1) is 16.9. The van der Waals surface area contributed by atoms with Crippen molar-refractivity contribution in [2.75, 3.05) is 20.2 Å². The first kappa shape index (κ1) is 24.0. The Morgan fingerprint density at radius 3 is 2.66 bits per heavy atom. The number of aromatic nitrogens is 5. The molecule has 1 N–H and O–H groups in total. The topological polar surface area (TPSA) is 88.9 Å². The van der Waals surface area contributed by atoms with Crippen LogP contribution in [0, 0.1) is 5.41 Å². The van der Waals surface area contributed by atoms with Gasteiger partial charge in [0.05, 0.1) is 18.2 Å². The molecule has 1 aliphatic heterocycles. The van der Waals surface area contributed by atoms with Gasteiger partial charge in [0.15, 0.2) is 5.82 Å². The molecule has 1 saturated carbocycles. The van der Waals surface area contributed by atoms with Gasteiger partial charge in [0.2, 0.25) is 0 Å². The lowest BCUT2D eigenvalue weighted by atomic mass is 9.69. The number of nitrogens with zero attached hydrogens (tertiary/aromatic N) is 5. The second kappa shape index (κ2) is 9.37. The van der Waals surface area contributed by atoms with Crippen LogP contribution in [0.1, 0.15) is 89.6 Å². The summed E-state index contributed by atoms with van der Waals surface area (Å²) in [6.07, 6.45) is 9.78. The third-order valence-corrected chi connectivity index (χ3v) is 8.52. The van der Waals surface area contributed by atoms with Crippen LogP contribution in [-0.2, 0) is 5.54 Å². The van der Waals surface area contributed by atoms with Crippen molar-refractivity contribution in [1.29, 1.82) is 0 Å². The molecule has 0 amide bonds. The molecule has 1 aromatic carbocycles. The van der Waals surface area contributed by atoms with Gasteiger partial charge in [0.1, 0.15) is 11.8 Å². The molecule has 3 aromatic rings. The zero-order chi connectivity index (χ0) is 24.6. The first-order valence-corrected chi connectivity index (χ1v) is 13.1. The van der Waals surface area contributed by atoms with Crippen molar-refractivity contribution < 1.29 is 4.74 Å². The number of benzene rings is 1. The number of hydrogen-bond acceptors (Lipinski definition) is 6. The van der Waals surface area contributed by atoms with E-state index >= 15 is 0 Å². The molecule has 2 aliphatic rings. The standard InChI is InChI=1S/C27H38N6O2/c1-5-26(2,3)33-24(29-30-31-33)23(32-15-9-14-27(18-32)12-7-6-8-13-27)21-16-19-10-11-20(35-4)17-22(19)28-25(21)34/h10-11,16-17,23H,5-9,12-15,18H2,1-4H3,(H,28,34)/t23-/m1/s1. The van der Waals surface area contributed by atoms with Gasteiger partial charge in [-0.1, -0.05) is 26.2 Å². The van der Waals surface area contributed by atoms with Crippen molar-refractivity contribution in [3.8, 4) is 5.75 Å². The average molecular weight is 479 g/mol. The lowest BCUT2D eigenvalue weighted by Gasteiger charge is -2.47. The molecule has 8 heteroatoms. The van der Waals surface area contributed by atoms with Crippen LogP contribution in [0.25, 0.3) is 10.9 Å². The third kappa shape index (κ3) is 4.48. The summed E-state index contributed by atoms with van der Waals surface area (Å²) in [5, 5.41) is 14.0. The number of rotatable bonds is 6. The Bertz CT molecular complexity index is 1230. The summed E-state index contributed by atoms with van der Waals surface area (Å²) in [6.45, 7) is 8.37. The fraction of sp³-hybridized carbons (Fsp3) is 0.630. The quantitative estimate of drug-likeness (QED) is 0.547. The van der Waals surface area contributed by atoms with Crippen molar-refractivity contribution >= 4 is 10.9 Å². The van der Waals surface area contributed by atoms with Gasteiger partial charge in [-0.3, -0.25) is 9.69 Å². The number of piperidine rings is 1. The summed E-state index contributed by atoms with van der Waals surface area (Å²) in [5.74, 6) is 1.48. The minimum atomic E-state index is -0.301. The van der Waals surface area contributed by atoms with Crippen LogP contribution < -0.4 is 10.3 Å². The summed E-state index contributed by atoms with van der Waals surface area (Å²) in [7, 11) is 1.64. The summed E-state index contributed by atoms with van der Waals surface area (Å²) in [4.78, 5) is 19.2. The molecule has 2 aromatic heterocycles. The van der Waals surface area contributed by atoms with E-state index in [1.165, 1.54) is 38.5 Å². The van der Waals surface area contributed by atoms with Crippen LogP contribution in [0.4, 0.5) is 0 Å². The molecule has 8 nitrogen and oxygen atoms in total. The highest BCUT2D eigenvalue weighted by Gasteiger charge is 2.42. The Labute approximate surface area is 207 Å². The van der Waals surface area contributed by atoms with Gasteiger partial charge in [-0.25, -0.2) is 4.68 Å². The maximum atomic E-state index is 13.6. The van der Waals surface area contributed by atoms with E-state index < -0.39 is 0 Å². The molecule has 1 aliphatic carbocycles. The highest BCUT2D eigenvalue weighted by atomic mass is 16.5. The number of fused-ring (bicyclic) bond motifs is 1. The van der Waals surface area contributed by atoms with Gasteiger partial charge in [0, 0.05) is 18.2 Å². The molecule has 0 unspecified atom stereocenters. The molecular weight excluding hydrogens is 440 g/mol. The molecule has 2 fully saturated rings. The Balaban J connectivity index is 1.65. The molecule has 1 saturated heterocycles. The lowest BCUT2D eigenvalue weighted by Crippen LogP contribution is -2.48. The van der Waals surface area contributed by atoms with Crippen molar-refractivity contribution in [2.45, 2.75) is 83.7 Å². The molecule has 3 heterocycles. The van der Waals surface area contributed by atoms with Crippen LogP contribution in [-0.4, -0.2) is 50.3 Å². The number of nitrogens with one attached hydrogen (secondary N) is 1. The second-order valence-corrected chi connectivity index (χ2v) is 11.2. The zero-order valence-corrected chi connectivity index (χ0v) is 21.5. The molecule has 0 radical (unpaired) electrons. The highest BCUT2D eigenvalue weighted by Crippen LogP contribution is 2.45. The van der Waals surface area contributed by atoms with Gasteiger partial charge in [0.25, 0.3) is 5.56 Å². The number of ether oxygens (including phenoxy) is 1. The number of tetrazole rings is 1. The van der Waals surface area contributed by atoms with Crippen molar-refractivity contribution in [1.82, 2.24) is 30.1 Å². The van der Waals surface area contributed by atoms with Gasteiger partial charge >= 0.3 is 0 Å². The Morgan fingerprint density at radius 1 is 1.14 bits per heavy atom. The Hall–Kier alpha value is -2.74. The van der Waals surface area contributed by atoms with Gasteiger partial charge in [-0.2, -0.15) is 0 Å². The molecule has 35 heavy (non-hydrogen) atoms. The van der Waals surface area contributed by atoms with Crippen LogP contribution in [0.15, 0.2) is 29.1 Å². The molecule has 0 bridgehead atoms. The predicted molar refractivity (Wildman–Crippen MR) is 137 cm³/mol. The fourth-order valence-electron chi connectivity index (χ4n) is 6.15. The van der Waals surface area contributed by atoms with Crippen molar-refractivity contribution in [3.05, 3.63) is 46.0 Å². The lowest BCUT2D eigenvalue weighted by molar-refractivity contribution is 0.0326. The average Bonchev–Trinajstić information content (AvgIpc) is 3.35. The predicted octanol–water partition coefficient (Wildman–Crippen LogP) is 4.80. The maximum absolute atomic E-state index is 13.6. The smallest absolute Gasteiger partial charge is 0.253 e. The minimum absolute atomic E-state index is 0.0946. The summed E-state index contributed by atoms with van der Waals surface area (Å²) in [5.41, 5.74) is 1.46. The number of pyridine rings is 1. The van der Waals surface area contributed by atoms with E-state index in [-0.39, 0.29) is 17.1 Å². The summed E-state index contributed by atoms with van der Waals surface area (Å²) in [6, 6.07) is 7.53. The first-order valence-electron chi connectivity index (χ1n) is 13.1. The van der Waals surface area contributed by atoms with Crippen LogP contribution in [0.5, 0.6) is 5.75 Å². The molecule has 5 rings (SSSR count). The summed E-state index contributed by atoms with van der Waals surface area (Å²) >= 11 is 0. The van der Waals surface area contributed by atoms with Crippen LogP contribution in [0.3, 0.4) is 0 Å². The van der Waals surface area contributed by atoms with E-state index in [0.29, 0.717) is 11.0 Å². The minimum Gasteiger partial charge on any atom is -0.497 e. The SMILES string of the molecule is CCC(C)(C)n1nnnc1[C@@H](c1cc2ccc(OC)cc2[nH]c1=O)N1CCCC2(CCCCC2)C1. The van der Waals surface area contributed by atoms with Crippen molar-refractivity contribution in [3.63, 3.8) is 0 Å². The largest absolute Gasteiger partial charge is 0.497 e. The van der Waals surface area contributed by atoms with E-state index in [2.05, 4.69) is 46.2 Å². The van der Waals surface area contributed by atoms with E-state index in [1.54, 1.807) is 7.11 Å². The molecular formula is C27H38N6O2. The van der Waals surface area contributed by atoms with Crippen LogP contribution >= 0.6 is 0 Å². The van der Waals surface area contributed by atoms with Crippen LogP contribution in [0.2, 0.25) is 0 Å². The van der Waals surface area contributed by atoms with Gasteiger partial charge < -0.3 is 9.72 Å². The van der Waals surface area contributed by atoms with E-state index in [9.17, 15) is 4.79 Å². The maximum Gasteiger partial charge on any atom is 0.253 e.